The van der Waals surface area contributed by atoms with E-state index in [1.807, 2.05) is 4.68 Å². The number of aromatic nitrogens is 4. The molecule has 1 fully saturated rings. The minimum absolute atomic E-state index is 0.0167. The second-order valence-electron chi connectivity index (χ2n) is 7.52. The lowest BCUT2D eigenvalue weighted by molar-refractivity contribution is -0.129. The predicted molar refractivity (Wildman–Crippen MR) is 108 cm³/mol. The van der Waals surface area contributed by atoms with Crippen molar-refractivity contribution in [2.45, 2.75) is 45.4 Å². The number of anilines is 2. The fraction of sp³-hybridized carbons (Fsp3) is 0.579. The highest BCUT2D eigenvalue weighted by molar-refractivity contribution is 6.30. The van der Waals surface area contributed by atoms with Crippen LogP contribution in [0.2, 0.25) is 5.15 Å². The Morgan fingerprint density at radius 1 is 1.35 bits per heavy atom. The van der Waals surface area contributed by atoms with Gasteiger partial charge in [0.2, 0.25) is 5.91 Å². The van der Waals surface area contributed by atoms with Crippen LogP contribution in [0.25, 0.3) is 0 Å². The Hall–Kier alpha value is -2.53. The summed E-state index contributed by atoms with van der Waals surface area (Å²) in [5.41, 5.74) is 1.97. The summed E-state index contributed by atoms with van der Waals surface area (Å²) in [5.74, 6) is 0.556. The molecule has 0 unspecified atom stereocenters. The van der Waals surface area contributed by atoms with Crippen molar-refractivity contribution in [1.82, 2.24) is 24.9 Å². The number of nitrogens with zero attached hydrogens (tertiary/aromatic N) is 6. The van der Waals surface area contributed by atoms with Gasteiger partial charge in [0.1, 0.15) is 0 Å². The van der Waals surface area contributed by atoms with Crippen molar-refractivity contribution in [3.63, 3.8) is 0 Å². The van der Waals surface area contributed by atoms with Crippen LogP contribution in [0.1, 0.15) is 37.1 Å². The fourth-order valence-electron chi connectivity index (χ4n) is 4.00. The molecule has 0 saturated carbocycles. The molecule has 2 aliphatic rings. The SMILES string of the molecule is CC(=O)N1CCc2c(c(N(C)c3cc(OC(F)F)c(Cl)nn3)nn2C2CCOCC2)C1. The molecule has 4 rings (SSSR count). The van der Waals surface area contributed by atoms with Crippen LogP contribution in [-0.2, 0) is 22.5 Å². The van der Waals surface area contributed by atoms with Gasteiger partial charge in [0.05, 0.1) is 12.6 Å². The molecule has 0 spiro atoms. The van der Waals surface area contributed by atoms with Gasteiger partial charge in [-0.1, -0.05) is 11.6 Å². The van der Waals surface area contributed by atoms with Gasteiger partial charge in [0.25, 0.3) is 0 Å². The molecule has 9 nitrogen and oxygen atoms in total. The maximum Gasteiger partial charge on any atom is 0.387 e. The van der Waals surface area contributed by atoms with E-state index in [1.54, 1.807) is 16.8 Å². The molecule has 2 aliphatic heterocycles. The van der Waals surface area contributed by atoms with Crippen molar-refractivity contribution in [3.05, 3.63) is 22.5 Å². The molecule has 2 aromatic heterocycles. The normalized spacial score (nSPS) is 17.0. The van der Waals surface area contributed by atoms with Crippen molar-refractivity contribution in [2.24, 2.45) is 0 Å². The zero-order valence-corrected chi connectivity index (χ0v) is 18.0. The lowest BCUT2D eigenvalue weighted by Gasteiger charge is -2.29. The van der Waals surface area contributed by atoms with Crippen molar-refractivity contribution in [2.75, 3.05) is 31.7 Å². The molecule has 0 aromatic carbocycles. The van der Waals surface area contributed by atoms with Crippen LogP contribution < -0.4 is 9.64 Å². The minimum Gasteiger partial charge on any atom is -0.431 e. The van der Waals surface area contributed by atoms with Gasteiger partial charge in [0.15, 0.2) is 22.5 Å². The number of hydrogen-bond acceptors (Lipinski definition) is 7. The molecular weight excluding hydrogens is 434 g/mol. The van der Waals surface area contributed by atoms with Crippen molar-refractivity contribution in [3.8, 4) is 5.75 Å². The van der Waals surface area contributed by atoms with Gasteiger partial charge in [-0.15, -0.1) is 10.2 Å². The lowest BCUT2D eigenvalue weighted by Crippen LogP contribution is -2.35. The number of fused-ring (bicyclic) bond motifs is 1. The maximum absolute atomic E-state index is 12.7. The van der Waals surface area contributed by atoms with Crippen molar-refractivity contribution < 1.29 is 23.0 Å². The summed E-state index contributed by atoms with van der Waals surface area (Å²) in [6.07, 6.45) is 2.38. The molecule has 2 aromatic rings. The summed E-state index contributed by atoms with van der Waals surface area (Å²) < 4.78 is 37.4. The Bertz CT molecular complexity index is 966. The van der Waals surface area contributed by atoms with Gasteiger partial charge in [0, 0.05) is 57.5 Å². The van der Waals surface area contributed by atoms with Gasteiger partial charge >= 0.3 is 6.61 Å². The number of amides is 1. The third kappa shape index (κ3) is 4.42. The monoisotopic (exact) mass is 456 g/mol. The largest absolute Gasteiger partial charge is 0.431 e. The first kappa shape index (κ1) is 21.7. The van der Waals surface area contributed by atoms with Crippen LogP contribution in [0.5, 0.6) is 5.75 Å². The average Bonchev–Trinajstić information content (AvgIpc) is 3.14. The van der Waals surface area contributed by atoms with Gasteiger partial charge in [-0.3, -0.25) is 9.48 Å². The van der Waals surface area contributed by atoms with Crippen molar-refractivity contribution in [1.29, 1.82) is 0 Å². The number of ether oxygens (including phenoxy) is 2. The zero-order valence-electron chi connectivity index (χ0n) is 17.2. The molecule has 12 heteroatoms. The van der Waals surface area contributed by atoms with Crippen LogP contribution in [-0.4, -0.2) is 64.2 Å². The Morgan fingerprint density at radius 3 is 2.77 bits per heavy atom. The molecule has 0 bridgehead atoms. The number of alkyl halides is 2. The van der Waals surface area contributed by atoms with Crippen LogP contribution in [0.15, 0.2) is 6.07 Å². The third-order valence-corrected chi connectivity index (χ3v) is 5.89. The van der Waals surface area contributed by atoms with E-state index in [0.29, 0.717) is 38.5 Å². The molecular formula is C19H23ClF2N6O3. The quantitative estimate of drug-likeness (QED) is 0.683. The molecule has 1 amide bonds. The fourth-order valence-corrected chi connectivity index (χ4v) is 4.14. The van der Waals surface area contributed by atoms with E-state index >= 15 is 0 Å². The predicted octanol–water partition coefficient (Wildman–Crippen LogP) is 2.95. The smallest absolute Gasteiger partial charge is 0.387 e. The Labute approximate surface area is 182 Å². The maximum atomic E-state index is 12.7. The number of carbonyl (C=O) groups is 1. The number of halogens is 3. The standard InChI is InChI=1S/C19H23ClF2N6O3/c1-11(29)27-6-3-14-13(10-27)18(25-28(14)12-4-7-30-8-5-12)26(2)16-9-15(31-19(21)22)17(20)24-23-16/h9,12,19H,3-8,10H2,1-2H3. The highest BCUT2D eigenvalue weighted by Gasteiger charge is 2.31. The Kier molecular flexibility index (Phi) is 6.24. The molecule has 31 heavy (non-hydrogen) atoms. The molecule has 1 saturated heterocycles. The molecule has 4 heterocycles. The molecule has 0 radical (unpaired) electrons. The summed E-state index contributed by atoms with van der Waals surface area (Å²) in [6, 6.07) is 1.50. The number of rotatable bonds is 5. The van der Waals surface area contributed by atoms with E-state index < -0.39 is 6.61 Å². The van der Waals surface area contributed by atoms with Crippen molar-refractivity contribution >= 4 is 29.1 Å². The summed E-state index contributed by atoms with van der Waals surface area (Å²) in [6.45, 7) is 0.866. The topological polar surface area (TPSA) is 85.6 Å². The molecule has 0 N–H and O–H groups in total. The highest BCUT2D eigenvalue weighted by Crippen LogP contribution is 2.36. The first-order chi connectivity index (χ1) is 14.8. The van der Waals surface area contributed by atoms with E-state index in [2.05, 4.69) is 14.9 Å². The number of hydrogen-bond donors (Lipinski definition) is 0. The number of carbonyl (C=O) groups excluding carboxylic acids is 1. The van der Waals surface area contributed by atoms with Gasteiger partial charge < -0.3 is 19.3 Å². The third-order valence-electron chi connectivity index (χ3n) is 5.63. The Morgan fingerprint density at radius 2 is 2.10 bits per heavy atom. The lowest BCUT2D eigenvalue weighted by atomic mass is 10.0. The van der Waals surface area contributed by atoms with Crippen LogP contribution in [0.4, 0.5) is 20.4 Å². The summed E-state index contributed by atoms with van der Waals surface area (Å²) in [4.78, 5) is 15.4. The molecule has 0 atom stereocenters. The van der Waals surface area contributed by atoms with E-state index in [-0.39, 0.29) is 28.7 Å². The van der Waals surface area contributed by atoms with Gasteiger partial charge in [-0.2, -0.15) is 13.9 Å². The Balaban J connectivity index is 1.73. The molecule has 168 valence electrons. The minimum atomic E-state index is -3.04. The average molecular weight is 457 g/mol. The summed E-state index contributed by atoms with van der Waals surface area (Å²) in [5, 5.41) is 12.4. The zero-order chi connectivity index (χ0) is 22.1. The first-order valence-electron chi connectivity index (χ1n) is 10.0. The van der Waals surface area contributed by atoms with Crippen LogP contribution in [0.3, 0.4) is 0 Å². The van der Waals surface area contributed by atoms with E-state index in [1.165, 1.54) is 13.0 Å². The van der Waals surface area contributed by atoms with Crippen LogP contribution >= 0.6 is 11.6 Å². The summed E-state index contributed by atoms with van der Waals surface area (Å²) in [7, 11) is 1.72. The first-order valence-corrected chi connectivity index (χ1v) is 10.4. The van der Waals surface area contributed by atoms with E-state index in [4.69, 9.17) is 21.4 Å². The second-order valence-corrected chi connectivity index (χ2v) is 7.88. The van der Waals surface area contributed by atoms with Gasteiger partial charge in [-0.05, 0) is 12.8 Å². The van der Waals surface area contributed by atoms with Gasteiger partial charge in [-0.25, -0.2) is 0 Å². The van der Waals surface area contributed by atoms with E-state index in [9.17, 15) is 13.6 Å². The van der Waals surface area contributed by atoms with E-state index in [0.717, 1.165) is 24.1 Å². The second kappa shape index (κ2) is 8.91. The highest BCUT2D eigenvalue weighted by atomic mass is 35.5. The molecule has 0 aliphatic carbocycles. The summed E-state index contributed by atoms with van der Waals surface area (Å²) >= 11 is 5.84. The van der Waals surface area contributed by atoms with Crippen LogP contribution in [0, 0.1) is 0 Å².